The second-order valence-electron chi connectivity index (χ2n) is 7.26. The van der Waals surface area contributed by atoms with E-state index in [-0.39, 0.29) is 18.4 Å². The number of ether oxygens (including phenoxy) is 1. The van der Waals surface area contributed by atoms with Crippen LogP contribution in [0.3, 0.4) is 0 Å². The van der Waals surface area contributed by atoms with Crippen LogP contribution in [0.15, 0.2) is 41.4 Å². The van der Waals surface area contributed by atoms with Gasteiger partial charge >= 0.3 is 0 Å². The van der Waals surface area contributed by atoms with Crippen LogP contribution in [0.1, 0.15) is 30.1 Å². The number of nitrogens with zero attached hydrogens (tertiary/aromatic N) is 3. The number of aromatic nitrogens is 2. The number of fused-ring (bicyclic) bond motifs is 3. The van der Waals surface area contributed by atoms with E-state index in [4.69, 9.17) is 9.26 Å². The molecule has 6 nitrogen and oxygen atoms in total. The number of rotatable bonds is 6. The molecule has 0 aliphatic carbocycles. The van der Waals surface area contributed by atoms with Gasteiger partial charge in [0, 0.05) is 0 Å². The largest absolute Gasteiger partial charge is 0.492 e. The van der Waals surface area contributed by atoms with Crippen molar-refractivity contribution in [3.05, 3.63) is 54.2 Å². The number of benzene rings is 1. The van der Waals surface area contributed by atoms with Gasteiger partial charge in [-0.15, -0.1) is 19.0 Å². The van der Waals surface area contributed by atoms with Crippen molar-refractivity contribution in [2.45, 2.75) is 43.7 Å². The third-order valence-corrected chi connectivity index (χ3v) is 5.79. The summed E-state index contributed by atoms with van der Waals surface area (Å²) < 4.78 is 11.6. The standard InChI is InChI=1S/C20H25N3O3.ClH/c1-3-6-15-7-4-5-8-17(15)25-13-16-18(24)20(9-11-23(16)12-10-20)19-21-14(2)22-26-19;/h3-5,7-8,16,18,24H,1,6,9-13H2,2H3;1H. The molecule has 5 rings (SSSR count). The summed E-state index contributed by atoms with van der Waals surface area (Å²) in [6.45, 7) is 7.86. The van der Waals surface area contributed by atoms with Gasteiger partial charge in [-0.25, -0.2) is 0 Å². The molecule has 0 amide bonds. The van der Waals surface area contributed by atoms with E-state index >= 15 is 0 Å². The quantitative estimate of drug-likeness (QED) is 0.763. The van der Waals surface area contributed by atoms with Crippen LogP contribution >= 0.6 is 12.4 Å². The van der Waals surface area contributed by atoms with Crippen molar-refractivity contribution < 1.29 is 14.4 Å². The van der Waals surface area contributed by atoms with E-state index in [0.29, 0.717) is 18.3 Å². The number of allylic oxidation sites excluding steroid dienone is 1. The van der Waals surface area contributed by atoms with Crippen LogP contribution in [0.5, 0.6) is 5.75 Å². The molecule has 27 heavy (non-hydrogen) atoms. The fourth-order valence-electron chi connectivity index (χ4n) is 4.30. The molecule has 2 atom stereocenters. The maximum absolute atomic E-state index is 11.2. The predicted molar refractivity (Wildman–Crippen MR) is 104 cm³/mol. The smallest absolute Gasteiger partial charge is 0.235 e. The maximum Gasteiger partial charge on any atom is 0.235 e. The fraction of sp³-hybridized carbons (Fsp3) is 0.500. The highest BCUT2D eigenvalue weighted by molar-refractivity contribution is 5.85. The molecule has 0 radical (unpaired) electrons. The summed E-state index contributed by atoms with van der Waals surface area (Å²) in [4.78, 5) is 6.75. The van der Waals surface area contributed by atoms with E-state index in [9.17, 15) is 5.11 Å². The molecule has 2 unspecified atom stereocenters. The first-order chi connectivity index (χ1) is 12.6. The van der Waals surface area contributed by atoms with E-state index < -0.39 is 11.5 Å². The number of halogens is 1. The molecular weight excluding hydrogens is 366 g/mol. The van der Waals surface area contributed by atoms with Crippen LogP contribution in [0, 0.1) is 6.92 Å². The summed E-state index contributed by atoms with van der Waals surface area (Å²) in [6, 6.07) is 7.90. The van der Waals surface area contributed by atoms with Gasteiger partial charge in [0.15, 0.2) is 5.82 Å². The van der Waals surface area contributed by atoms with Crippen molar-refractivity contribution in [1.82, 2.24) is 15.0 Å². The van der Waals surface area contributed by atoms with Crippen molar-refractivity contribution in [1.29, 1.82) is 0 Å². The zero-order chi connectivity index (χ0) is 18.1. The molecule has 1 N–H and O–H groups in total. The number of hydrogen-bond acceptors (Lipinski definition) is 6. The first-order valence-corrected chi connectivity index (χ1v) is 9.18. The zero-order valence-corrected chi connectivity index (χ0v) is 16.3. The van der Waals surface area contributed by atoms with E-state index in [0.717, 1.165) is 43.7 Å². The number of para-hydroxylation sites is 1. The van der Waals surface area contributed by atoms with Crippen molar-refractivity contribution in [3.8, 4) is 5.75 Å². The van der Waals surface area contributed by atoms with E-state index in [2.05, 4.69) is 21.6 Å². The van der Waals surface area contributed by atoms with Gasteiger partial charge < -0.3 is 14.4 Å². The third-order valence-electron chi connectivity index (χ3n) is 5.79. The van der Waals surface area contributed by atoms with E-state index in [1.54, 1.807) is 0 Å². The molecule has 3 aliphatic heterocycles. The van der Waals surface area contributed by atoms with Gasteiger partial charge in [0.05, 0.1) is 17.6 Å². The van der Waals surface area contributed by atoms with Crippen LogP contribution in [0.4, 0.5) is 0 Å². The topological polar surface area (TPSA) is 71.6 Å². The lowest BCUT2D eigenvalue weighted by atomic mass is 9.66. The second-order valence-corrected chi connectivity index (χ2v) is 7.26. The minimum absolute atomic E-state index is 0. The molecular formula is C20H26ClN3O3. The molecule has 3 saturated heterocycles. The molecule has 146 valence electrons. The number of aryl methyl sites for hydroxylation is 1. The van der Waals surface area contributed by atoms with Crippen LogP contribution < -0.4 is 4.74 Å². The summed E-state index contributed by atoms with van der Waals surface area (Å²) in [5, 5.41) is 15.1. The van der Waals surface area contributed by atoms with Gasteiger partial charge in [0.25, 0.3) is 0 Å². The summed E-state index contributed by atoms with van der Waals surface area (Å²) in [6.07, 6.45) is 3.71. The Morgan fingerprint density at radius 3 is 2.78 bits per heavy atom. The lowest BCUT2D eigenvalue weighted by Crippen LogP contribution is -2.67. The second kappa shape index (κ2) is 8.00. The van der Waals surface area contributed by atoms with Crippen LogP contribution in [0.25, 0.3) is 0 Å². The van der Waals surface area contributed by atoms with E-state index in [1.165, 1.54) is 0 Å². The van der Waals surface area contributed by atoms with Gasteiger partial charge in [-0.3, -0.25) is 4.90 Å². The van der Waals surface area contributed by atoms with Gasteiger partial charge in [-0.1, -0.05) is 29.4 Å². The molecule has 2 aromatic rings. The first-order valence-electron chi connectivity index (χ1n) is 9.18. The Labute approximate surface area is 165 Å². The summed E-state index contributed by atoms with van der Waals surface area (Å²) >= 11 is 0. The fourth-order valence-corrected chi connectivity index (χ4v) is 4.30. The highest BCUT2D eigenvalue weighted by Crippen LogP contribution is 2.45. The number of aliphatic hydroxyl groups excluding tert-OH is 1. The SMILES string of the molecule is C=CCc1ccccc1OCC1C(O)C2(c3nc(C)no3)CCN1CC2.Cl. The molecule has 1 aromatic carbocycles. The maximum atomic E-state index is 11.2. The molecule has 3 fully saturated rings. The molecule has 7 heteroatoms. The Morgan fingerprint density at radius 2 is 2.11 bits per heavy atom. The molecule has 4 heterocycles. The van der Waals surface area contributed by atoms with Crippen molar-refractivity contribution in [2.24, 2.45) is 0 Å². The molecule has 0 spiro atoms. The van der Waals surface area contributed by atoms with Gasteiger partial charge in [-0.05, 0) is 50.9 Å². The minimum Gasteiger partial charge on any atom is -0.492 e. The summed E-state index contributed by atoms with van der Waals surface area (Å²) in [5.41, 5.74) is 0.653. The van der Waals surface area contributed by atoms with Crippen molar-refractivity contribution in [2.75, 3.05) is 19.7 Å². The molecule has 3 aliphatic rings. The Morgan fingerprint density at radius 1 is 1.37 bits per heavy atom. The highest BCUT2D eigenvalue weighted by Gasteiger charge is 2.56. The normalized spacial score (nSPS) is 29.2. The number of piperidine rings is 3. The predicted octanol–water partition coefficient (Wildman–Crippen LogP) is 2.68. The van der Waals surface area contributed by atoms with Gasteiger partial charge in [0.2, 0.25) is 5.89 Å². The van der Waals surface area contributed by atoms with Crippen LogP contribution in [-0.4, -0.2) is 52.0 Å². The zero-order valence-electron chi connectivity index (χ0n) is 15.5. The van der Waals surface area contributed by atoms with Gasteiger partial charge in [-0.2, -0.15) is 4.98 Å². The lowest BCUT2D eigenvalue weighted by Gasteiger charge is -2.54. The number of hydrogen-bond donors (Lipinski definition) is 1. The average Bonchev–Trinajstić information content (AvgIpc) is 3.10. The van der Waals surface area contributed by atoms with Crippen molar-refractivity contribution in [3.63, 3.8) is 0 Å². The molecule has 0 saturated carbocycles. The summed E-state index contributed by atoms with van der Waals surface area (Å²) in [5.74, 6) is 2.03. The Balaban J connectivity index is 0.00000210. The lowest BCUT2D eigenvalue weighted by molar-refractivity contribution is -0.113. The Kier molecular flexibility index (Phi) is 5.89. The number of aliphatic hydroxyl groups is 1. The summed E-state index contributed by atoms with van der Waals surface area (Å²) in [7, 11) is 0. The molecule has 2 bridgehead atoms. The third kappa shape index (κ3) is 3.49. The van der Waals surface area contributed by atoms with E-state index in [1.807, 2.05) is 37.3 Å². The van der Waals surface area contributed by atoms with Gasteiger partial charge in [0.1, 0.15) is 12.4 Å². The van der Waals surface area contributed by atoms with Crippen LogP contribution in [0.2, 0.25) is 0 Å². The Hall–Kier alpha value is -1.89. The Bertz CT molecular complexity index is 786. The van der Waals surface area contributed by atoms with Crippen LogP contribution in [-0.2, 0) is 11.8 Å². The minimum atomic E-state index is -0.587. The average molecular weight is 392 g/mol. The highest BCUT2D eigenvalue weighted by atomic mass is 35.5. The monoisotopic (exact) mass is 391 g/mol. The van der Waals surface area contributed by atoms with Crippen molar-refractivity contribution >= 4 is 12.4 Å². The first kappa shape index (κ1) is 19.9. The molecule has 1 aromatic heterocycles.